The van der Waals surface area contributed by atoms with Gasteiger partial charge in [0.25, 0.3) is 0 Å². The van der Waals surface area contributed by atoms with Crippen LogP contribution in [0.25, 0.3) is 0 Å². The van der Waals surface area contributed by atoms with Crippen LogP contribution in [0.3, 0.4) is 0 Å². The SMILES string of the molecule is CS(=O)(=O)c1cc(F)cc(C(N)CCO)c1. The molecular formula is C10H14FNO3S. The fourth-order valence-corrected chi connectivity index (χ4v) is 2.00. The summed E-state index contributed by atoms with van der Waals surface area (Å²) >= 11 is 0. The Morgan fingerprint density at radius 3 is 2.56 bits per heavy atom. The predicted molar refractivity (Wildman–Crippen MR) is 58.1 cm³/mol. The van der Waals surface area contributed by atoms with Gasteiger partial charge in [-0.05, 0) is 30.2 Å². The molecule has 0 aliphatic rings. The Morgan fingerprint density at radius 2 is 2.06 bits per heavy atom. The predicted octanol–water partition coefficient (Wildman–Crippen LogP) is 0.611. The van der Waals surface area contributed by atoms with Crippen LogP contribution in [0, 0.1) is 5.82 Å². The van der Waals surface area contributed by atoms with E-state index in [4.69, 9.17) is 10.8 Å². The van der Waals surface area contributed by atoms with Crippen LogP contribution in [-0.4, -0.2) is 26.4 Å². The van der Waals surface area contributed by atoms with Crippen molar-refractivity contribution in [3.8, 4) is 0 Å². The lowest BCUT2D eigenvalue weighted by atomic mass is 10.1. The zero-order valence-electron chi connectivity index (χ0n) is 8.85. The average Bonchev–Trinajstić information content (AvgIpc) is 2.16. The normalized spacial score (nSPS) is 13.8. The molecule has 4 nitrogen and oxygen atoms in total. The van der Waals surface area contributed by atoms with Gasteiger partial charge in [-0.2, -0.15) is 0 Å². The van der Waals surface area contributed by atoms with Crippen molar-refractivity contribution in [3.63, 3.8) is 0 Å². The monoisotopic (exact) mass is 247 g/mol. The molecule has 3 N–H and O–H groups in total. The number of rotatable bonds is 4. The Bertz CT molecular complexity index is 473. The molecule has 1 unspecified atom stereocenters. The molecular weight excluding hydrogens is 233 g/mol. The second-order valence-corrected chi connectivity index (χ2v) is 5.63. The van der Waals surface area contributed by atoms with Crippen LogP contribution in [0.4, 0.5) is 4.39 Å². The van der Waals surface area contributed by atoms with E-state index >= 15 is 0 Å². The van der Waals surface area contributed by atoms with E-state index in [2.05, 4.69) is 0 Å². The van der Waals surface area contributed by atoms with Crippen molar-refractivity contribution in [1.82, 2.24) is 0 Å². The second kappa shape index (κ2) is 4.90. The zero-order valence-corrected chi connectivity index (χ0v) is 9.67. The Balaban J connectivity index is 3.18. The zero-order chi connectivity index (χ0) is 12.3. The fraction of sp³-hybridized carbons (Fsp3) is 0.400. The fourth-order valence-electron chi connectivity index (χ4n) is 1.32. The molecule has 0 amide bonds. The van der Waals surface area contributed by atoms with Crippen molar-refractivity contribution in [3.05, 3.63) is 29.6 Å². The molecule has 0 fully saturated rings. The first-order chi connectivity index (χ1) is 7.34. The van der Waals surface area contributed by atoms with Gasteiger partial charge >= 0.3 is 0 Å². The number of hydrogen-bond donors (Lipinski definition) is 2. The number of aliphatic hydroxyl groups is 1. The molecule has 0 saturated carbocycles. The number of nitrogens with two attached hydrogens (primary N) is 1. The summed E-state index contributed by atoms with van der Waals surface area (Å²) in [5, 5.41) is 8.70. The third kappa shape index (κ3) is 3.26. The third-order valence-electron chi connectivity index (χ3n) is 2.19. The molecule has 1 aromatic carbocycles. The van der Waals surface area contributed by atoms with Crippen molar-refractivity contribution < 1.29 is 17.9 Å². The van der Waals surface area contributed by atoms with Crippen LogP contribution in [0.5, 0.6) is 0 Å². The summed E-state index contributed by atoms with van der Waals surface area (Å²) in [7, 11) is -3.45. The van der Waals surface area contributed by atoms with Crippen molar-refractivity contribution in [2.24, 2.45) is 5.73 Å². The van der Waals surface area contributed by atoms with Crippen molar-refractivity contribution >= 4 is 9.84 Å². The van der Waals surface area contributed by atoms with Crippen LogP contribution in [0.2, 0.25) is 0 Å². The van der Waals surface area contributed by atoms with Crippen molar-refractivity contribution in [1.29, 1.82) is 0 Å². The second-order valence-electron chi connectivity index (χ2n) is 3.61. The van der Waals surface area contributed by atoms with E-state index in [1.807, 2.05) is 0 Å². The van der Waals surface area contributed by atoms with Gasteiger partial charge in [0.05, 0.1) is 4.90 Å². The summed E-state index contributed by atoms with van der Waals surface area (Å²) in [6.07, 6.45) is 1.26. The highest BCUT2D eigenvalue weighted by Gasteiger charge is 2.13. The molecule has 0 bridgehead atoms. The largest absolute Gasteiger partial charge is 0.396 e. The van der Waals surface area contributed by atoms with E-state index in [9.17, 15) is 12.8 Å². The minimum Gasteiger partial charge on any atom is -0.396 e. The summed E-state index contributed by atoms with van der Waals surface area (Å²) in [6, 6.07) is 2.89. The standard InChI is InChI=1S/C10H14FNO3S/c1-16(14,15)9-5-7(4-8(11)6-9)10(12)2-3-13/h4-6,10,13H,2-3,12H2,1H3. The number of benzene rings is 1. The first kappa shape index (κ1) is 13.1. The smallest absolute Gasteiger partial charge is 0.175 e. The molecule has 16 heavy (non-hydrogen) atoms. The highest BCUT2D eigenvalue weighted by atomic mass is 32.2. The number of sulfone groups is 1. The highest BCUT2D eigenvalue weighted by Crippen LogP contribution is 2.20. The maximum atomic E-state index is 13.2. The minimum atomic E-state index is -3.45. The summed E-state index contributed by atoms with van der Waals surface area (Å²) < 4.78 is 35.7. The van der Waals surface area contributed by atoms with Gasteiger partial charge in [0.15, 0.2) is 9.84 Å². The molecule has 0 aliphatic carbocycles. The number of aliphatic hydroxyl groups excluding tert-OH is 1. The molecule has 0 spiro atoms. The van der Waals surface area contributed by atoms with E-state index in [0.717, 1.165) is 12.3 Å². The van der Waals surface area contributed by atoms with Gasteiger partial charge < -0.3 is 10.8 Å². The molecule has 1 aromatic rings. The van der Waals surface area contributed by atoms with Gasteiger partial charge in [-0.25, -0.2) is 12.8 Å². The number of halogens is 1. The molecule has 1 rings (SSSR count). The molecule has 0 radical (unpaired) electrons. The summed E-state index contributed by atoms with van der Waals surface area (Å²) in [4.78, 5) is -0.101. The van der Waals surface area contributed by atoms with Crippen LogP contribution in [-0.2, 0) is 9.84 Å². The molecule has 1 atom stereocenters. The lowest BCUT2D eigenvalue weighted by Gasteiger charge is -2.11. The van der Waals surface area contributed by atoms with Gasteiger partial charge in [0, 0.05) is 18.9 Å². The maximum absolute atomic E-state index is 13.2. The van der Waals surface area contributed by atoms with Crippen LogP contribution >= 0.6 is 0 Å². The van der Waals surface area contributed by atoms with Crippen molar-refractivity contribution in [2.45, 2.75) is 17.4 Å². The van der Waals surface area contributed by atoms with Gasteiger partial charge in [-0.1, -0.05) is 0 Å². The molecule has 6 heteroatoms. The first-order valence-electron chi connectivity index (χ1n) is 4.71. The van der Waals surface area contributed by atoms with E-state index in [-0.39, 0.29) is 17.9 Å². The molecule has 0 aromatic heterocycles. The molecule has 90 valence electrons. The number of hydrogen-bond acceptors (Lipinski definition) is 4. The lowest BCUT2D eigenvalue weighted by molar-refractivity contribution is 0.276. The Labute approximate surface area is 93.8 Å². The minimum absolute atomic E-state index is 0.101. The quantitative estimate of drug-likeness (QED) is 0.817. The first-order valence-corrected chi connectivity index (χ1v) is 6.60. The van der Waals surface area contributed by atoms with Gasteiger partial charge in [0.1, 0.15) is 5.82 Å². The summed E-state index contributed by atoms with van der Waals surface area (Å²) in [6.45, 7) is -0.133. The van der Waals surface area contributed by atoms with E-state index in [0.29, 0.717) is 5.56 Å². The Kier molecular flexibility index (Phi) is 4.01. The topological polar surface area (TPSA) is 80.4 Å². The average molecular weight is 247 g/mol. The molecule has 0 heterocycles. The van der Waals surface area contributed by atoms with E-state index in [1.54, 1.807) is 0 Å². The van der Waals surface area contributed by atoms with Crippen molar-refractivity contribution in [2.75, 3.05) is 12.9 Å². The summed E-state index contributed by atoms with van der Waals surface area (Å²) in [5.41, 5.74) is 6.03. The lowest BCUT2D eigenvalue weighted by Crippen LogP contribution is -2.13. The Hall–Kier alpha value is -0.980. The highest BCUT2D eigenvalue weighted by molar-refractivity contribution is 7.90. The van der Waals surface area contributed by atoms with Gasteiger partial charge in [-0.3, -0.25) is 0 Å². The Morgan fingerprint density at radius 1 is 1.44 bits per heavy atom. The third-order valence-corrected chi connectivity index (χ3v) is 3.28. The van der Waals surface area contributed by atoms with E-state index in [1.165, 1.54) is 12.1 Å². The van der Waals surface area contributed by atoms with Crippen LogP contribution in [0.15, 0.2) is 23.1 Å². The van der Waals surface area contributed by atoms with Crippen LogP contribution < -0.4 is 5.73 Å². The van der Waals surface area contributed by atoms with Crippen LogP contribution in [0.1, 0.15) is 18.0 Å². The molecule has 0 aliphatic heterocycles. The van der Waals surface area contributed by atoms with Gasteiger partial charge in [-0.15, -0.1) is 0 Å². The molecule has 0 saturated heterocycles. The summed E-state index contributed by atoms with van der Waals surface area (Å²) in [5.74, 6) is -0.647. The van der Waals surface area contributed by atoms with E-state index < -0.39 is 21.7 Å². The maximum Gasteiger partial charge on any atom is 0.175 e. The van der Waals surface area contributed by atoms with Gasteiger partial charge in [0.2, 0.25) is 0 Å².